The van der Waals surface area contributed by atoms with E-state index in [0.717, 1.165) is 31.2 Å². The Labute approximate surface area is 117 Å². The minimum absolute atomic E-state index is 0.0576. The van der Waals surface area contributed by atoms with Gasteiger partial charge in [-0.2, -0.15) is 0 Å². The zero-order chi connectivity index (χ0) is 13.9. The fourth-order valence-electron chi connectivity index (χ4n) is 3.30. The minimum atomic E-state index is -0.0576. The monoisotopic (exact) mass is 258 g/mol. The quantitative estimate of drug-likeness (QED) is 0.650. The molecule has 1 aliphatic rings. The lowest BCUT2D eigenvalue weighted by molar-refractivity contribution is 0.0791. The Kier molecular flexibility index (Phi) is 4.44. The average Bonchev–Trinajstić information content (AvgIpc) is 2.96. The van der Waals surface area contributed by atoms with Crippen LogP contribution in [0.25, 0.3) is 0 Å². The summed E-state index contributed by atoms with van der Waals surface area (Å²) < 4.78 is 0. The van der Waals surface area contributed by atoms with Crippen LogP contribution in [0.1, 0.15) is 81.1 Å². The van der Waals surface area contributed by atoms with E-state index in [9.17, 15) is 4.79 Å². The summed E-state index contributed by atoms with van der Waals surface area (Å²) >= 11 is 0. The first-order valence-corrected chi connectivity index (χ1v) is 7.77. The first kappa shape index (κ1) is 14.3. The Morgan fingerprint density at radius 3 is 2.21 bits per heavy atom. The summed E-state index contributed by atoms with van der Waals surface area (Å²) in [7, 11) is 0. The molecule has 1 atom stereocenters. The van der Waals surface area contributed by atoms with Crippen molar-refractivity contribution in [3.63, 3.8) is 0 Å². The summed E-state index contributed by atoms with van der Waals surface area (Å²) in [6.07, 6.45) is 6.71. The van der Waals surface area contributed by atoms with E-state index in [1.165, 1.54) is 18.4 Å². The van der Waals surface area contributed by atoms with Crippen LogP contribution < -0.4 is 0 Å². The molecular formula is C18H26O. The van der Waals surface area contributed by atoms with E-state index in [4.69, 9.17) is 0 Å². The Morgan fingerprint density at radius 1 is 1.16 bits per heavy atom. The molecule has 0 amide bonds. The molecule has 0 aromatic heterocycles. The van der Waals surface area contributed by atoms with Gasteiger partial charge in [0.05, 0.1) is 0 Å². The fraction of sp³-hybridized carbons (Fsp3) is 0.611. The number of Topliss-reactive ketones (excluding diaryl/α,β-unsaturated/α-hetero) is 1. The minimum Gasteiger partial charge on any atom is -0.294 e. The summed E-state index contributed by atoms with van der Waals surface area (Å²) in [5, 5.41) is 0. The van der Waals surface area contributed by atoms with Gasteiger partial charge in [-0.25, -0.2) is 0 Å². The molecule has 0 spiro atoms. The molecule has 0 radical (unpaired) electrons. The molecule has 1 aliphatic carbocycles. The third kappa shape index (κ3) is 2.75. The van der Waals surface area contributed by atoms with Crippen LogP contribution in [-0.2, 0) is 0 Å². The first-order chi connectivity index (χ1) is 9.13. The Balaban J connectivity index is 2.20. The SMILES string of the molecule is CCC(C)c1ccc(C(=O)C2(CC)CCCC2)cc1. The van der Waals surface area contributed by atoms with Gasteiger partial charge in [0, 0.05) is 11.0 Å². The third-order valence-electron chi connectivity index (χ3n) is 5.07. The highest BCUT2D eigenvalue weighted by Gasteiger charge is 2.39. The highest BCUT2D eigenvalue weighted by molar-refractivity contribution is 6.00. The third-order valence-corrected chi connectivity index (χ3v) is 5.07. The highest BCUT2D eigenvalue weighted by Crippen LogP contribution is 2.43. The molecule has 0 saturated heterocycles. The van der Waals surface area contributed by atoms with Crippen LogP contribution in [0.5, 0.6) is 0 Å². The Bertz CT molecular complexity index is 424. The molecule has 1 aromatic rings. The van der Waals surface area contributed by atoms with Gasteiger partial charge in [-0.3, -0.25) is 4.79 Å². The van der Waals surface area contributed by atoms with Crippen LogP contribution in [0.4, 0.5) is 0 Å². The molecule has 0 heterocycles. The molecule has 104 valence electrons. The maximum Gasteiger partial charge on any atom is 0.168 e. The average molecular weight is 258 g/mol. The van der Waals surface area contributed by atoms with Crippen molar-refractivity contribution < 1.29 is 4.79 Å². The van der Waals surface area contributed by atoms with Crippen LogP contribution in [0.3, 0.4) is 0 Å². The predicted octanol–water partition coefficient (Wildman–Crippen LogP) is 5.35. The van der Waals surface area contributed by atoms with Crippen LogP contribution in [0.15, 0.2) is 24.3 Å². The summed E-state index contributed by atoms with van der Waals surface area (Å²) in [6.45, 7) is 6.60. The van der Waals surface area contributed by atoms with E-state index < -0.39 is 0 Å². The van der Waals surface area contributed by atoms with E-state index in [0.29, 0.717) is 11.7 Å². The van der Waals surface area contributed by atoms with Gasteiger partial charge in [-0.15, -0.1) is 0 Å². The fourth-order valence-corrected chi connectivity index (χ4v) is 3.30. The number of ketones is 1. The molecule has 0 N–H and O–H groups in total. The lowest BCUT2D eigenvalue weighted by Gasteiger charge is -2.26. The van der Waals surface area contributed by atoms with Crippen LogP contribution in [0.2, 0.25) is 0 Å². The molecule has 1 unspecified atom stereocenters. The molecule has 0 aliphatic heterocycles. The summed E-state index contributed by atoms with van der Waals surface area (Å²) in [6, 6.07) is 8.36. The lowest BCUT2D eigenvalue weighted by atomic mass is 9.76. The molecule has 1 saturated carbocycles. The van der Waals surface area contributed by atoms with Gasteiger partial charge in [0.2, 0.25) is 0 Å². The molecular weight excluding hydrogens is 232 g/mol. The number of hydrogen-bond acceptors (Lipinski definition) is 1. The molecule has 2 rings (SSSR count). The maximum absolute atomic E-state index is 12.8. The number of carbonyl (C=O) groups excluding carboxylic acids is 1. The number of rotatable bonds is 5. The van der Waals surface area contributed by atoms with E-state index in [2.05, 4.69) is 32.9 Å². The largest absolute Gasteiger partial charge is 0.294 e. The normalized spacial score (nSPS) is 19.3. The predicted molar refractivity (Wildman–Crippen MR) is 80.7 cm³/mol. The van der Waals surface area contributed by atoms with Crippen molar-refractivity contribution in [2.45, 2.75) is 65.2 Å². The second kappa shape index (κ2) is 5.90. The lowest BCUT2D eigenvalue weighted by Crippen LogP contribution is -2.27. The van der Waals surface area contributed by atoms with Gasteiger partial charge in [-0.1, -0.05) is 57.9 Å². The zero-order valence-corrected chi connectivity index (χ0v) is 12.5. The summed E-state index contributed by atoms with van der Waals surface area (Å²) in [5.41, 5.74) is 2.20. The van der Waals surface area contributed by atoms with Crippen molar-refractivity contribution >= 4 is 5.78 Å². The maximum atomic E-state index is 12.8. The van der Waals surface area contributed by atoms with Crippen molar-refractivity contribution in [3.8, 4) is 0 Å². The van der Waals surface area contributed by atoms with E-state index in [-0.39, 0.29) is 5.41 Å². The highest BCUT2D eigenvalue weighted by atomic mass is 16.1. The van der Waals surface area contributed by atoms with Gasteiger partial charge in [0.1, 0.15) is 0 Å². The van der Waals surface area contributed by atoms with Crippen LogP contribution in [-0.4, -0.2) is 5.78 Å². The van der Waals surface area contributed by atoms with Gasteiger partial charge in [0.15, 0.2) is 5.78 Å². The Hall–Kier alpha value is -1.11. The number of hydrogen-bond donors (Lipinski definition) is 0. The molecule has 1 heteroatoms. The topological polar surface area (TPSA) is 17.1 Å². The van der Waals surface area contributed by atoms with Gasteiger partial charge in [0.25, 0.3) is 0 Å². The standard InChI is InChI=1S/C18H26O/c1-4-14(3)15-8-10-16(11-9-15)17(19)18(5-2)12-6-7-13-18/h8-11,14H,4-7,12-13H2,1-3H3. The van der Waals surface area contributed by atoms with Crippen LogP contribution >= 0.6 is 0 Å². The van der Waals surface area contributed by atoms with Crippen molar-refractivity contribution in [2.24, 2.45) is 5.41 Å². The molecule has 1 fully saturated rings. The van der Waals surface area contributed by atoms with Crippen molar-refractivity contribution in [2.75, 3.05) is 0 Å². The second-order valence-electron chi connectivity index (χ2n) is 6.10. The summed E-state index contributed by atoms with van der Waals surface area (Å²) in [4.78, 5) is 12.8. The number of carbonyl (C=O) groups is 1. The first-order valence-electron chi connectivity index (χ1n) is 7.77. The van der Waals surface area contributed by atoms with Gasteiger partial charge < -0.3 is 0 Å². The van der Waals surface area contributed by atoms with E-state index in [1.54, 1.807) is 0 Å². The van der Waals surface area contributed by atoms with Crippen LogP contribution in [0, 0.1) is 5.41 Å². The van der Waals surface area contributed by atoms with Crippen molar-refractivity contribution in [3.05, 3.63) is 35.4 Å². The Morgan fingerprint density at radius 2 is 1.74 bits per heavy atom. The van der Waals surface area contributed by atoms with Crippen molar-refractivity contribution in [1.29, 1.82) is 0 Å². The van der Waals surface area contributed by atoms with E-state index >= 15 is 0 Å². The molecule has 1 aromatic carbocycles. The van der Waals surface area contributed by atoms with E-state index in [1.807, 2.05) is 12.1 Å². The van der Waals surface area contributed by atoms with Gasteiger partial charge in [-0.05, 0) is 37.2 Å². The van der Waals surface area contributed by atoms with Crippen molar-refractivity contribution in [1.82, 2.24) is 0 Å². The molecule has 1 nitrogen and oxygen atoms in total. The second-order valence-corrected chi connectivity index (χ2v) is 6.10. The molecule has 19 heavy (non-hydrogen) atoms. The number of benzene rings is 1. The summed E-state index contributed by atoms with van der Waals surface area (Å²) in [5.74, 6) is 0.957. The van der Waals surface area contributed by atoms with Gasteiger partial charge >= 0.3 is 0 Å². The molecule has 0 bridgehead atoms. The smallest absolute Gasteiger partial charge is 0.168 e. The zero-order valence-electron chi connectivity index (χ0n) is 12.5.